The maximum absolute atomic E-state index is 11.6. The standard InChI is InChI=1S/C24H40N6O2/c1-3-26-24(28-21-8-12-30(13-9-21)18-23(32)25-2)27-16-19-4-6-20(7-5-19)17-29-14-10-22(31)11-15-29/h4-7,21-22,31H,3,8-18H2,1-2H3,(H,25,32)(H2,26,27,28). The fourth-order valence-electron chi connectivity index (χ4n) is 4.29. The number of piperidine rings is 2. The van der Waals surface area contributed by atoms with Crippen molar-refractivity contribution in [3.05, 3.63) is 35.4 Å². The quantitative estimate of drug-likeness (QED) is 0.352. The Kier molecular flexibility index (Phi) is 9.77. The van der Waals surface area contributed by atoms with Crippen molar-refractivity contribution in [1.29, 1.82) is 0 Å². The second kappa shape index (κ2) is 12.8. The van der Waals surface area contributed by atoms with Crippen molar-refractivity contribution in [3.63, 3.8) is 0 Å². The van der Waals surface area contributed by atoms with Gasteiger partial charge in [0.25, 0.3) is 0 Å². The van der Waals surface area contributed by atoms with Gasteiger partial charge in [0.05, 0.1) is 19.2 Å². The highest BCUT2D eigenvalue weighted by Gasteiger charge is 2.21. The molecule has 4 N–H and O–H groups in total. The summed E-state index contributed by atoms with van der Waals surface area (Å²) in [5.74, 6) is 0.931. The average Bonchev–Trinajstić information content (AvgIpc) is 2.81. The largest absolute Gasteiger partial charge is 0.393 e. The minimum Gasteiger partial charge on any atom is -0.393 e. The van der Waals surface area contributed by atoms with Crippen LogP contribution < -0.4 is 16.0 Å². The number of amides is 1. The Labute approximate surface area is 192 Å². The first-order valence-electron chi connectivity index (χ1n) is 12.0. The Bertz CT molecular complexity index is 723. The number of carbonyl (C=O) groups is 1. The summed E-state index contributed by atoms with van der Waals surface area (Å²) in [7, 11) is 1.68. The molecule has 1 aromatic rings. The number of hydrogen-bond acceptors (Lipinski definition) is 5. The van der Waals surface area contributed by atoms with Gasteiger partial charge in [0.2, 0.25) is 5.91 Å². The van der Waals surface area contributed by atoms with E-state index in [1.165, 1.54) is 11.1 Å². The number of carbonyl (C=O) groups excluding carboxylic acids is 1. The monoisotopic (exact) mass is 444 g/mol. The van der Waals surface area contributed by atoms with Gasteiger partial charge in [-0.2, -0.15) is 0 Å². The van der Waals surface area contributed by atoms with Crippen molar-refractivity contribution in [1.82, 2.24) is 25.8 Å². The molecule has 2 aliphatic heterocycles. The summed E-state index contributed by atoms with van der Waals surface area (Å²) in [5.41, 5.74) is 2.50. The molecule has 2 aliphatic rings. The van der Waals surface area contributed by atoms with Crippen molar-refractivity contribution in [3.8, 4) is 0 Å². The van der Waals surface area contributed by atoms with Crippen molar-refractivity contribution in [2.45, 2.75) is 57.8 Å². The highest BCUT2D eigenvalue weighted by molar-refractivity contribution is 5.80. The molecule has 0 aromatic heterocycles. The first kappa shape index (κ1) is 24.5. The van der Waals surface area contributed by atoms with Gasteiger partial charge in [-0.3, -0.25) is 14.6 Å². The van der Waals surface area contributed by atoms with Crippen molar-refractivity contribution in [2.75, 3.05) is 46.3 Å². The number of nitrogens with one attached hydrogen (secondary N) is 3. The van der Waals surface area contributed by atoms with E-state index in [1.807, 2.05) is 0 Å². The van der Waals surface area contributed by atoms with Crippen LogP contribution in [0.3, 0.4) is 0 Å². The number of aliphatic imine (C=N–C) groups is 1. The van der Waals surface area contributed by atoms with Crippen molar-refractivity contribution in [2.24, 2.45) is 4.99 Å². The number of guanidine groups is 1. The van der Waals surface area contributed by atoms with E-state index in [0.717, 1.165) is 70.9 Å². The summed E-state index contributed by atoms with van der Waals surface area (Å²) >= 11 is 0. The molecule has 2 heterocycles. The van der Waals surface area contributed by atoms with Crippen LogP contribution >= 0.6 is 0 Å². The molecule has 0 saturated carbocycles. The average molecular weight is 445 g/mol. The second-order valence-electron chi connectivity index (χ2n) is 8.89. The van der Waals surface area contributed by atoms with Crippen LogP contribution in [0.5, 0.6) is 0 Å². The first-order valence-corrected chi connectivity index (χ1v) is 12.0. The van der Waals surface area contributed by atoms with E-state index >= 15 is 0 Å². The SMILES string of the molecule is CCNC(=NCc1ccc(CN2CCC(O)CC2)cc1)NC1CCN(CC(=O)NC)CC1. The molecule has 0 unspecified atom stereocenters. The number of hydrogen-bond donors (Lipinski definition) is 4. The molecular weight excluding hydrogens is 404 g/mol. The molecule has 32 heavy (non-hydrogen) atoms. The number of rotatable bonds is 8. The topological polar surface area (TPSA) is 92.2 Å². The van der Waals surface area contributed by atoms with E-state index in [2.05, 4.69) is 56.9 Å². The smallest absolute Gasteiger partial charge is 0.233 e. The number of aliphatic hydroxyl groups is 1. The molecule has 178 valence electrons. The van der Waals surface area contributed by atoms with Gasteiger partial charge in [0.15, 0.2) is 5.96 Å². The van der Waals surface area contributed by atoms with Gasteiger partial charge in [-0.05, 0) is 43.7 Å². The Morgan fingerprint density at radius 2 is 1.66 bits per heavy atom. The van der Waals surface area contributed by atoms with Crippen LogP contribution in [0.1, 0.15) is 43.7 Å². The summed E-state index contributed by atoms with van der Waals surface area (Å²) in [5, 5.41) is 19.3. The minimum atomic E-state index is -0.124. The zero-order valence-electron chi connectivity index (χ0n) is 19.6. The summed E-state index contributed by atoms with van der Waals surface area (Å²) in [4.78, 5) is 21.0. The van der Waals surface area contributed by atoms with E-state index in [-0.39, 0.29) is 12.0 Å². The highest BCUT2D eigenvalue weighted by Crippen LogP contribution is 2.15. The van der Waals surface area contributed by atoms with Gasteiger partial charge in [0, 0.05) is 52.4 Å². The Balaban J connectivity index is 1.45. The third-order valence-electron chi connectivity index (χ3n) is 6.32. The lowest BCUT2D eigenvalue weighted by Crippen LogP contribution is -2.50. The Morgan fingerprint density at radius 3 is 2.28 bits per heavy atom. The fraction of sp³-hybridized carbons (Fsp3) is 0.667. The summed E-state index contributed by atoms with van der Waals surface area (Å²) < 4.78 is 0. The molecule has 8 nitrogen and oxygen atoms in total. The number of likely N-dealkylation sites (tertiary alicyclic amines) is 2. The van der Waals surface area contributed by atoms with Crippen LogP contribution in [0, 0.1) is 0 Å². The number of nitrogens with zero attached hydrogens (tertiary/aromatic N) is 3. The van der Waals surface area contributed by atoms with E-state index < -0.39 is 0 Å². The first-order chi connectivity index (χ1) is 15.6. The van der Waals surface area contributed by atoms with E-state index in [9.17, 15) is 9.90 Å². The van der Waals surface area contributed by atoms with Crippen LogP contribution in [-0.2, 0) is 17.9 Å². The molecule has 1 amide bonds. The predicted molar refractivity (Wildman–Crippen MR) is 128 cm³/mol. The number of benzene rings is 1. The molecule has 2 fully saturated rings. The lowest BCUT2D eigenvalue weighted by Gasteiger charge is -2.32. The predicted octanol–water partition coefficient (Wildman–Crippen LogP) is 0.909. The van der Waals surface area contributed by atoms with Gasteiger partial charge in [0.1, 0.15) is 0 Å². The molecule has 0 bridgehead atoms. The third-order valence-corrected chi connectivity index (χ3v) is 6.32. The lowest BCUT2D eigenvalue weighted by molar-refractivity contribution is -0.122. The molecule has 0 spiro atoms. The molecular formula is C24H40N6O2. The molecule has 2 saturated heterocycles. The molecule has 0 aliphatic carbocycles. The summed E-state index contributed by atoms with van der Waals surface area (Å²) in [6, 6.07) is 9.09. The van der Waals surface area contributed by atoms with Gasteiger partial charge in [-0.1, -0.05) is 24.3 Å². The van der Waals surface area contributed by atoms with Crippen molar-refractivity contribution < 1.29 is 9.90 Å². The van der Waals surface area contributed by atoms with Crippen LogP contribution in [0.2, 0.25) is 0 Å². The maximum Gasteiger partial charge on any atom is 0.233 e. The normalized spacial score (nSPS) is 19.7. The minimum absolute atomic E-state index is 0.0760. The van der Waals surface area contributed by atoms with E-state index in [1.54, 1.807) is 7.05 Å². The highest BCUT2D eigenvalue weighted by atomic mass is 16.3. The van der Waals surface area contributed by atoms with Crippen LogP contribution in [-0.4, -0.2) is 85.2 Å². The van der Waals surface area contributed by atoms with Gasteiger partial charge >= 0.3 is 0 Å². The zero-order valence-corrected chi connectivity index (χ0v) is 19.6. The Morgan fingerprint density at radius 1 is 1.03 bits per heavy atom. The molecule has 1 aromatic carbocycles. The number of likely N-dealkylation sites (N-methyl/N-ethyl adjacent to an activating group) is 1. The zero-order chi connectivity index (χ0) is 22.8. The second-order valence-corrected chi connectivity index (χ2v) is 8.89. The van der Waals surface area contributed by atoms with Crippen molar-refractivity contribution >= 4 is 11.9 Å². The number of aliphatic hydroxyl groups excluding tert-OH is 1. The van der Waals surface area contributed by atoms with Gasteiger partial charge < -0.3 is 21.1 Å². The summed E-state index contributed by atoms with van der Waals surface area (Å²) in [6.07, 6.45) is 3.63. The lowest BCUT2D eigenvalue weighted by atomic mass is 10.1. The fourth-order valence-corrected chi connectivity index (χ4v) is 4.29. The van der Waals surface area contributed by atoms with Crippen LogP contribution in [0.4, 0.5) is 0 Å². The maximum atomic E-state index is 11.6. The van der Waals surface area contributed by atoms with Crippen LogP contribution in [0.15, 0.2) is 29.3 Å². The Hall–Kier alpha value is -2.16. The molecule has 3 rings (SSSR count). The molecule has 8 heteroatoms. The van der Waals surface area contributed by atoms with Crippen LogP contribution in [0.25, 0.3) is 0 Å². The molecule has 0 radical (unpaired) electrons. The molecule has 0 atom stereocenters. The third kappa shape index (κ3) is 8.07. The van der Waals surface area contributed by atoms with Gasteiger partial charge in [-0.25, -0.2) is 4.99 Å². The van der Waals surface area contributed by atoms with E-state index in [4.69, 9.17) is 4.99 Å². The van der Waals surface area contributed by atoms with Gasteiger partial charge in [-0.15, -0.1) is 0 Å². The van der Waals surface area contributed by atoms with E-state index in [0.29, 0.717) is 19.1 Å². The summed E-state index contributed by atoms with van der Waals surface area (Å²) in [6.45, 7) is 8.74.